The third kappa shape index (κ3) is 3.32. The molecule has 0 bridgehead atoms. The van der Waals surface area contributed by atoms with Gasteiger partial charge in [-0.05, 0) is 36.0 Å². The van der Waals surface area contributed by atoms with E-state index in [-0.39, 0.29) is 10.8 Å². The summed E-state index contributed by atoms with van der Waals surface area (Å²) in [5, 5.41) is 0.186. The highest BCUT2D eigenvalue weighted by Gasteiger charge is 2.22. The first-order valence-electron chi connectivity index (χ1n) is 6.49. The van der Waals surface area contributed by atoms with Crippen molar-refractivity contribution >= 4 is 11.6 Å². The van der Waals surface area contributed by atoms with Crippen LogP contribution in [-0.4, -0.2) is 18.6 Å². The molecule has 2 rings (SSSR count). The largest absolute Gasteiger partial charge is 0.486 e. The SMILES string of the molecule is CC(C)(C)C(Cl)CCc1ccc2c(c1)OCCO2. The number of ether oxygens (including phenoxy) is 2. The predicted octanol–water partition coefficient (Wildman–Crippen LogP) is 4.04. The van der Waals surface area contributed by atoms with E-state index < -0.39 is 0 Å². The summed E-state index contributed by atoms with van der Waals surface area (Å²) in [4.78, 5) is 0. The Hall–Kier alpha value is -0.890. The summed E-state index contributed by atoms with van der Waals surface area (Å²) in [7, 11) is 0. The van der Waals surface area contributed by atoms with Gasteiger partial charge in [-0.15, -0.1) is 11.6 Å². The van der Waals surface area contributed by atoms with Gasteiger partial charge in [-0.1, -0.05) is 26.8 Å². The zero-order valence-electron chi connectivity index (χ0n) is 11.3. The topological polar surface area (TPSA) is 18.5 Å². The minimum absolute atomic E-state index is 0.148. The average molecular weight is 269 g/mol. The Labute approximate surface area is 114 Å². The van der Waals surface area contributed by atoms with Gasteiger partial charge in [-0.3, -0.25) is 0 Å². The van der Waals surface area contributed by atoms with Crippen LogP contribution in [-0.2, 0) is 6.42 Å². The third-order valence-corrected chi connectivity index (χ3v) is 4.11. The normalized spacial score (nSPS) is 16.4. The van der Waals surface area contributed by atoms with Gasteiger partial charge in [0.25, 0.3) is 0 Å². The number of benzene rings is 1. The van der Waals surface area contributed by atoms with Crippen LogP contribution < -0.4 is 9.47 Å². The highest BCUT2D eigenvalue weighted by atomic mass is 35.5. The lowest BCUT2D eigenvalue weighted by Crippen LogP contribution is -2.21. The lowest BCUT2D eigenvalue weighted by molar-refractivity contribution is 0.171. The summed E-state index contributed by atoms with van der Waals surface area (Å²) in [5.41, 5.74) is 1.41. The van der Waals surface area contributed by atoms with Crippen LogP contribution in [0.25, 0.3) is 0 Å². The van der Waals surface area contributed by atoms with E-state index in [9.17, 15) is 0 Å². The Balaban J connectivity index is 1.98. The monoisotopic (exact) mass is 268 g/mol. The Morgan fingerprint density at radius 1 is 1.17 bits per heavy atom. The fourth-order valence-corrected chi connectivity index (χ4v) is 2.08. The van der Waals surface area contributed by atoms with E-state index in [0.717, 1.165) is 24.3 Å². The van der Waals surface area contributed by atoms with Crippen LogP contribution in [0.4, 0.5) is 0 Å². The Morgan fingerprint density at radius 2 is 1.83 bits per heavy atom. The van der Waals surface area contributed by atoms with Crippen molar-refractivity contribution < 1.29 is 9.47 Å². The maximum atomic E-state index is 6.39. The molecule has 1 atom stereocenters. The van der Waals surface area contributed by atoms with Crippen LogP contribution in [0.15, 0.2) is 18.2 Å². The molecule has 1 unspecified atom stereocenters. The maximum Gasteiger partial charge on any atom is 0.161 e. The Bertz CT molecular complexity index is 409. The second kappa shape index (κ2) is 5.40. The predicted molar refractivity (Wildman–Crippen MR) is 74.8 cm³/mol. The fraction of sp³-hybridized carbons (Fsp3) is 0.600. The van der Waals surface area contributed by atoms with Gasteiger partial charge in [0.15, 0.2) is 11.5 Å². The van der Waals surface area contributed by atoms with E-state index >= 15 is 0 Å². The lowest BCUT2D eigenvalue weighted by atomic mass is 9.88. The summed E-state index contributed by atoms with van der Waals surface area (Å²) < 4.78 is 11.1. The number of alkyl halides is 1. The molecule has 0 fully saturated rings. The number of hydrogen-bond donors (Lipinski definition) is 0. The van der Waals surface area contributed by atoms with Crippen LogP contribution in [0, 0.1) is 5.41 Å². The quantitative estimate of drug-likeness (QED) is 0.770. The number of halogens is 1. The molecule has 1 aromatic rings. The first-order chi connectivity index (χ1) is 8.47. The molecule has 1 heterocycles. The summed E-state index contributed by atoms with van der Waals surface area (Å²) >= 11 is 6.39. The first-order valence-corrected chi connectivity index (χ1v) is 6.93. The molecule has 2 nitrogen and oxygen atoms in total. The van der Waals surface area contributed by atoms with Crippen LogP contribution in [0.5, 0.6) is 11.5 Å². The Kier molecular flexibility index (Phi) is 4.06. The van der Waals surface area contributed by atoms with Gasteiger partial charge in [-0.2, -0.15) is 0 Å². The molecular weight excluding hydrogens is 248 g/mol. The van der Waals surface area contributed by atoms with Crippen molar-refractivity contribution in [1.82, 2.24) is 0 Å². The van der Waals surface area contributed by atoms with Gasteiger partial charge < -0.3 is 9.47 Å². The van der Waals surface area contributed by atoms with Crippen LogP contribution in [0.3, 0.4) is 0 Å². The molecule has 0 aromatic heterocycles. The highest BCUT2D eigenvalue weighted by molar-refractivity contribution is 6.21. The average Bonchev–Trinajstić information content (AvgIpc) is 2.34. The number of hydrogen-bond acceptors (Lipinski definition) is 2. The molecule has 0 spiro atoms. The summed E-state index contributed by atoms with van der Waals surface area (Å²) in [6.07, 6.45) is 1.95. The van der Waals surface area contributed by atoms with Crippen molar-refractivity contribution in [2.45, 2.75) is 39.0 Å². The summed E-state index contributed by atoms with van der Waals surface area (Å²) in [6.45, 7) is 7.80. The van der Waals surface area contributed by atoms with Gasteiger partial charge in [0, 0.05) is 5.38 Å². The third-order valence-electron chi connectivity index (χ3n) is 3.23. The number of rotatable bonds is 3. The van der Waals surface area contributed by atoms with E-state index in [1.807, 2.05) is 6.07 Å². The molecule has 1 aromatic carbocycles. The molecular formula is C15H21ClO2. The van der Waals surface area contributed by atoms with Crippen LogP contribution in [0.2, 0.25) is 0 Å². The van der Waals surface area contributed by atoms with Gasteiger partial charge in [0.2, 0.25) is 0 Å². The van der Waals surface area contributed by atoms with E-state index in [1.54, 1.807) is 0 Å². The van der Waals surface area contributed by atoms with Crippen molar-refractivity contribution in [1.29, 1.82) is 0 Å². The second-order valence-corrected chi connectivity index (χ2v) is 6.38. The molecule has 100 valence electrons. The maximum absolute atomic E-state index is 6.39. The van der Waals surface area contributed by atoms with Crippen molar-refractivity contribution in [2.75, 3.05) is 13.2 Å². The number of aryl methyl sites for hydroxylation is 1. The zero-order valence-corrected chi connectivity index (χ0v) is 12.1. The zero-order chi connectivity index (χ0) is 13.2. The van der Waals surface area contributed by atoms with Crippen LogP contribution in [0.1, 0.15) is 32.8 Å². The molecule has 18 heavy (non-hydrogen) atoms. The standard InChI is InChI=1S/C15H21ClO2/c1-15(2,3)14(16)7-5-11-4-6-12-13(10-11)18-9-8-17-12/h4,6,10,14H,5,7-9H2,1-3H3. The van der Waals surface area contributed by atoms with Gasteiger partial charge >= 0.3 is 0 Å². The summed E-state index contributed by atoms with van der Waals surface area (Å²) in [5.74, 6) is 1.71. The van der Waals surface area contributed by atoms with E-state index in [2.05, 4.69) is 32.9 Å². The van der Waals surface area contributed by atoms with Crippen molar-refractivity contribution in [2.24, 2.45) is 5.41 Å². The number of fused-ring (bicyclic) bond motifs is 1. The van der Waals surface area contributed by atoms with Gasteiger partial charge in [0.1, 0.15) is 13.2 Å². The lowest BCUT2D eigenvalue weighted by Gasteiger charge is -2.25. The molecule has 0 aliphatic carbocycles. The van der Waals surface area contributed by atoms with Crippen molar-refractivity contribution in [3.63, 3.8) is 0 Å². The fourth-order valence-electron chi connectivity index (χ4n) is 1.97. The van der Waals surface area contributed by atoms with Gasteiger partial charge in [-0.25, -0.2) is 0 Å². The molecule has 0 N–H and O–H groups in total. The molecule has 0 saturated heterocycles. The van der Waals surface area contributed by atoms with Crippen LogP contribution >= 0.6 is 11.6 Å². The smallest absolute Gasteiger partial charge is 0.161 e. The molecule has 0 saturated carbocycles. The second-order valence-electron chi connectivity index (χ2n) is 5.85. The molecule has 1 aliphatic heterocycles. The molecule has 3 heteroatoms. The van der Waals surface area contributed by atoms with E-state index in [0.29, 0.717) is 13.2 Å². The van der Waals surface area contributed by atoms with E-state index in [1.165, 1.54) is 5.56 Å². The highest BCUT2D eigenvalue weighted by Crippen LogP contribution is 2.32. The van der Waals surface area contributed by atoms with Gasteiger partial charge in [0.05, 0.1) is 0 Å². The molecule has 0 radical (unpaired) electrons. The van der Waals surface area contributed by atoms with Crippen molar-refractivity contribution in [3.8, 4) is 11.5 Å². The molecule has 1 aliphatic rings. The van der Waals surface area contributed by atoms with E-state index in [4.69, 9.17) is 21.1 Å². The molecule has 0 amide bonds. The minimum atomic E-state index is 0.148. The first kappa shape index (κ1) is 13.5. The minimum Gasteiger partial charge on any atom is -0.486 e. The summed E-state index contributed by atoms with van der Waals surface area (Å²) in [6, 6.07) is 6.16. The Morgan fingerprint density at radius 3 is 2.50 bits per heavy atom. The van der Waals surface area contributed by atoms with Crippen molar-refractivity contribution in [3.05, 3.63) is 23.8 Å².